The van der Waals surface area contributed by atoms with Crippen LogP contribution in [0.1, 0.15) is 99.8 Å². The highest BCUT2D eigenvalue weighted by molar-refractivity contribution is 7.14. The van der Waals surface area contributed by atoms with Gasteiger partial charge in [-0.25, -0.2) is 19.6 Å². The van der Waals surface area contributed by atoms with Crippen molar-refractivity contribution in [2.45, 2.75) is 148 Å². The van der Waals surface area contributed by atoms with Crippen LogP contribution in [0.2, 0.25) is 5.02 Å². The van der Waals surface area contributed by atoms with Gasteiger partial charge in [0, 0.05) is 42.1 Å². The van der Waals surface area contributed by atoms with Crippen molar-refractivity contribution < 1.29 is 43.2 Å². The van der Waals surface area contributed by atoms with Crippen molar-refractivity contribution >= 4 is 62.8 Å². The second kappa shape index (κ2) is 18.1. The maximum absolute atomic E-state index is 14.8. The van der Waals surface area contributed by atoms with E-state index < -0.39 is 53.0 Å². The fourth-order valence-electron chi connectivity index (χ4n) is 7.99. The van der Waals surface area contributed by atoms with Gasteiger partial charge in [-0.15, -0.1) is 11.3 Å². The quantitative estimate of drug-likeness (QED) is 0.121. The molecular weight excluding hydrogens is 800 g/mol. The highest BCUT2D eigenvalue weighted by Crippen LogP contribution is 2.40. The Kier molecular flexibility index (Phi) is 13.5. The number of ether oxygens (including phenoxy) is 4. The molecule has 0 saturated carbocycles. The lowest BCUT2D eigenvalue weighted by molar-refractivity contribution is -0.149. The Morgan fingerprint density at radius 1 is 1.03 bits per heavy atom. The number of fused-ring (bicyclic) bond motifs is 3. The van der Waals surface area contributed by atoms with E-state index in [1.54, 1.807) is 18.2 Å². The van der Waals surface area contributed by atoms with E-state index in [1.807, 2.05) is 46.9 Å². The number of carboxylic acids is 1. The highest BCUT2D eigenvalue weighted by Gasteiger charge is 2.48. The van der Waals surface area contributed by atoms with Crippen molar-refractivity contribution in [3.8, 4) is 22.9 Å². The third kappa shape index (κ3) is 10.1. The van der Waals surface area contributed by atoms with Crippen LogP contribution in [0.5, 0.6) is 11.5 Å². The van der Waals surface area contributed by atoms with Crippen molar-refractivity contribution in [3.63, 3.8) is 0 Å². The topological polar surface area (TPSA) is 191 Å². The molecule has 322 valence electrons. The van der Waals surface area contributed by atoms with Gasteiger partial charge in [-0.05, 0) is 57.6 Å². The number of halogens is 1. The normalized spacial score (nSPS) is 23.1. The number of carboxylic acid groups (broad SMARTS) is 1. The first-order valence-electron chi connectivity index (χ1n) is 20.4. The summed E-state index contributed by atoms with van der Waals surface area (Å²) in [6, 6.07) is 3.16. The Morgan fingerprint density at radius 2 is 1.75 bits per heavy atom. The Hall–Kier alpha value is -4.41. The Balaban J connectivity index is 1.33. The van der Waals surface area contributed by atoms with Crippen LogP contribution >= 0.6 is 22.9 Å². The molecule has 3 fully saturated rings. The average Bonchev–Trinajstić information content (AvgIpc) is 3.90. The summed E-state index contributed by atoms with van der Waals surface area (Å²) in [5, 5.41) is 22.6. The van der Waals surface area contributed by atoms with Crippen LogP contribution in [-0.4, -0.2) is 106 Å². The highest BCUT2D eigenvalue weighted by atomic mass is 35.5. The predicted molar refractivity (Wildman–Crippen MR) is 225 cm³/mol. The van der Waals surface area contributed by atoms with Crippen LogP contribution in [0, 0.1) is 5.41 Å². The second-order valence-corrected chi connectivity index (χ2v) is 18.7. The number of anilines is 1. The molecule has 0 spiro atoms. The standard InChI is InChI=1S/C42H57ClN6O9S/c1-9-10-15-42(7,38(52)53)48-36(50)30-18-26(20-49(30)37(51)35(41(4,5)6)47-40(54)58-25-16-23-11-12-24(17-25)56-23)57-32-19-28(29-21-59-39(46-29)44-22(2)3)45-34-27(32)13-14-31(55-8)33(34)43/h13-14,19,21-26,30,35H,9-12,15-18,20H2,1-8H3,(H,44,46)(H,47,54)(H,48,50)(H,52,53)/t23-,24+,25?,26-,30+,35-,42+/m1/s1. The van der Waals surface area contributed by atoms with Gasteiger partial charge < -0.3 is 44.9 Å². The second-order valence-electron chi connectivity index (χ2n) is 17.4. The molecular formula is C42H57ClN6O9S. The summed E-state index contributed by atoms with van der Waals surface area (Å²) in [6.07, 6.45) is 2.82. The number of likely N-dealkylation sites (tertiary alicyclic amines) is 1. The summed E-state index contributed by atoms with van der Waals surface area (Å²) in [4.78, 5) is 66.1. The van der Waals surface area contributed by atoms with E-state index in [0.29, 0.717) is 58.2 Å². The number of nitrogens with zero attached hydrogens (tertiary/aromatic N) is 3. The van der Waals surface area contributed by atoms with Crippen molar-refractivity contribution in [1.29, 1.82) is 0 Å². The number of hydrogen-bond donors (Lipinski definition) is 4. The Bertz CT molecular complexity index is 2030. The number of amides is 3. The van der Waals surface area contributed by atoms with Crippen molar-refractivity contribution in [2.75, 3.05) is 19.0 Å². The molecule has 17 heteroatoms. The maximum atomic E-state index is 14.8. The SMILES string of the molecule is CCCC[C@](C)(NC(=O)[C@@H]1C[C@@H](Oc2cc(-c3csc(NC(C)C)n3)nc3c(Cl)c(OC)ccc23)CN1C(=O)[C@@H](NC(=O)OC1C[C@H]2CC[C@@H](C1)O2)C(C)(C)C)C(=O)O. The molecule has 3 aliphatic heterocycles. The van der Waals surface area contributed by atoms with Gasteiger partial charge in [0.1, 0.15) is 52.0 Å². The van der Waals surface area contributed by atoms with Gasteiger partial charge in [-0.1, -0.05) is 52.1 Å². The largest absolute Gasteiger partial charge is 0.495 e. The summed E-state index contributed by atoms with van der Waals surface area (Å²) in [5.41, 5.74) is -0.921. The number of hydrogen-bond acceptors (Lipinski definition) is 12. The van der Waals surface area contributed by atoms with E-state index in [0.717, 1.165) is 19.3 Å². The van der Waals surface area contributed by atoms with Crippen molar-refractivity contribution in [3.05, 3.63) is 28.6 Å². The summed E-state index contributed by atoms with van der Waals surface area (Å²) in [5.74, 6) is -1.55. The fourth-order valence-corrected chi connectivity index (χ4v) is 9.12. The van der Waals surface area contributed by atoms with Crippen LogP contribution in [0.4, 0.5) is 9.93 Å². The maximum Gasteiger partial charge on any atom is 0.408 e. The molecule has 3 amide bonds. The lowest BCUT2D eigenvalue weighted by Crippen LogP contribution is -2.60. The third-order valence-corrected chi connectivity index (χ3v) is 12.3. The molecule has 0 radical (unpaired) electrons. The van der Waals surface area contributed by atoms with E-state index in [-0.39, 0.29) is 48.8 Å². The number of thiazole rings is 1. The molecule has 1 unspecified atom stereocenters. The molecule has 2 bridgehead atoms. The first kappa shape index (κ1) is 44.2. The summed E-state index contributed by atoms with van der Waals surface area (Å²) < 4.78 is 24.0. The lowest BCUT2D eigenvalue weighted by atomic mass is 9.85. The lowest BCUT2D eigenvalue weighted by Gasteiger charge is -2.36. The molecule has 3 saturated heterocycles. The number of carbonyl (C=O) groups is 4. The van der Waals surface area contributed by atoms with Gasteiger partial charge in [0.2, 0.25) is 11.8 Å². The van der Waals surface area contributed by atoms with Gasteiger partial charge in [0.15, 0.2) is 5.13 Å². The Labute approximate surface area is 354 Å². The number of carbonyl (C=O) groups excluding carboxylic acids is 3. The molecule has 5 heterocycles. The van der Waals surface area contributed by atoms with Gasteiger partial charge in [-0.2, -0.15) is 0 Å². The van der Waals surface area contributed by atoms with Crippen LogP contribution in [0.25, 0.3) is 22.3 Å². The van der Waals surface area contributed by atoms with Crippen LogP contribution in [0.15, 0.2) is 23.6 Å². The van der Waals surface area contributed by atoms with Gasteiger partial charge in [-0.3, -0.25) is 9.59 Å². The molecule has 3 aromatic rings. The molecule has 59 heavy (non-hydrogen) atoms. The minimum atomic E-state index is -1.59. The average molecular weight is 857 g/mol. The molecule has 7 atom stereocenters. The molecule has 2 aromatic heterocycles. The monoisotopic (exact) mass is 856 g/mol. The minimum absolute atomic E-state index is 0.0232. The van der Waals surface area contributed by atoms with E-state index in [1.165, 1.54) is 30.3 Å². The number of unbranched alkanes of at least 4 members (excludes halogenated alkanes) is 1. The Morgan fingerprint density at radius 3 is 2.37 bits per heavy atom. The smallest absolute Gasteiger partial charge is 0.408 e. The molecule has 1 aromatic carbocycles. The van der Waals surface area contributed by atoms with Crippen LogP contribution < -0.4 is 25.4 Å². The molecule has 6 rings (SSSR count). The van der Waals surface area contributed by atoms with E-state index in [2.05, 4.69) is 16.0 Å². The van der Waals surface area contributed by atoms with Crippen molar-refractivity contribution in [2.24, 2.45) is 5.41 Å². The number of nitrogens with one attached hydrogen (secondary N) is 3. The first-order valence-corrected chi connectivity index (χ1v) is 21.7. The first-order chi connectivity index (χ1) is 27.9. The van der Waals surface area contributed by atoms with Gasteiger partial charge >= 0.3 is 12.1 Å². The van der Waals surface area contributed by atoms with E-state index >= 15 is 0 Å². The summed E-state index contributed by atoms with van der Waals surface area (Å²) in [6.45, 7) is 12.9. The number of aliphatic carboxylic acids is 1. The predicted octanol–water partition coefficient (Wildman–Crippen LogP) is 7.19. The zero-order chi connectivity index (χ0) is 42.8. The fraction of sp³-hybridized carbons (Fsp3) is 0.619. The van der Waals surface area contributed by atoms with Gasteiger partial charge in [0.25, 0.3) is 0 Å². The number of rotatable bonds is 15. The van der Waals surface area contributed by atoms with Gasteiger partial charge in [0.05, 0.1) is 37.1 Å². The van der Waals surface area contributed by atoms with Crippen LogP contribution in [-0.2, 0) is 23.9 Å². The summed E-state index contributed by atoms with van der Waals surface area (Å²) >= 11 is 8.27. The zero-order valence-corrected chi connectivity index (χ0v) is 36.6. The zero-order valence-electron chi connectivity index (χ0n) is 35.1. The number of benzene rings is 1. The van der Waals surface area contributed by atoms with E-state index in [9.17, 15) is 24.3 Å². The van der Waals surface area contributed by atoms with Crippen LogP contribution in [0.3, 0.4) is 0 Å². The third-order valence-electron chi connectivity index (χ3n) is 11.2. The minimum Gasteiger partial charge on any atom is -0.495 e. The summed E-state index contributed by atoms with van der Waals surface area (Å²) in [7, 11) is 1.51. The van der Waals surface area contributed by atoms with E-state index in [4.69, 9.17) is 40.5 Å². The molecule has 15 nitrogen and oxygen atoms in total. The molecule has 0 aliphatic carbocycles. The molecule has 3 aliphatic rings. The number of aromatic nitrogens is 2. The number of pyridine rings is 1. The molecule has 4 N–H and O–H groups in total. The number of methoxy groups -OCH3 is 1. The van der Waals surface area contributed by atoms with Crippen molar-refractivity contribution in [1.82, 2.24) is 25.5 Å². The number of alkyl carbamates (subject to hydrolysis) is 1.